The molecule has 2 atom stereocenters. The molecule has 0 aliphatic heterocycles. The molecule has 0 bridgehead atoms. The Morgan fingerprint density at radius 2 is 0.982 bits per heavy atom. The number of carboxylic acid groups (broad SMARTS) is 1. The predicted molar refractivity (Wildman–Crippen MR) is 238 cm³/mol. The number of carbonyl (C=O) groups excluding carboxylic acids is 2. The summed E-state index contributed by atoms with van der Waals surface area (Å²) in [5, 5.41) is 9.62. The molecule has 8 nitrogen and oxygen atoms in total. The van der Waals surface area contributed by atoms with E-state index in [1.54, 1.807) is 0 Å². The number of esters is 2. The molecule has 1 N–H and O–H groups in total. The Hall–Kier alpha value is -2.45. The average Bonchev–Trinajstić information content (AvgIpc) is 3.17. The fraction of sp³-hybridized carbons (Fsp3) is 0.816. The number of quaternary nitrogens is 1. The molecule has 0 aromatic carbocycles. The quantitative estimate of drug-likeness (QED) is 0.0284. The minimum absolute atomic E-state index is 0.0559. The molecule has 0 saturated heterocycles. The second kappa shape index (κ2) is 40.3. The van der Waals surface area contributed by atoms with Crippen molar-refractivity contribution in [1.29, 1.82) is 0 Å². The number of rotatable bonds is 42. The van der Waals surface area contributed by atoms with Gasteiger partial charge in [0.1, 0.15) is 6.61 Å². The highest BCUT2D eigenvalue weighted by Gasteiger charge is 2.31. The first kappa shape index (κ1) is 54.6. The molecule has 0 heterocycles. The van der Waals surface area contributed by atoms with Crippen LogP contribution in [0.5, 0.6) is 0 Å². The molecule has 0 radical (unpaired) electrons. The van der Waals surface area contributed by atoms with Gasteiger partial charge in [-0.15, -0.1) is 0 Å². The zero-order valence-electron chi connectivity index (χ0n) is 37.8. The summed E-state index contributed by atoms with van der Waals surface area (Å²) in [5.41, 5.74) is 0. The van der Waals surface area contributed by atoms with Gasteiger partial charge in [-0.2, -0.15) is 0 Å². The van der Waals surface area contributed by atoms with Crippen LogP contribution in [-0.4, -0.2) is 80.6 Å². The average molecular weight is 805 g/mol. The Balaban J connectivity index is 4.26. The minimum Gasteiger partial charge on any atom is -0.477 e. The Bertz CT molecular complexity index is 1030. The fourth-order valence-electron chi connectivity index (χ4n) is 6.89. The van der Waals surface area contributed by atoms with Crippen molar-refractivity contribution in [2.75, 3.05) is 41.0 Å². The molecular weight excluding hydrogens is 715 g/mol. The standard InChI is InChI=1S/C49H89NO7/c1-6-8-10-12-14-16-18-20-21-22-23-24-25-26-27-28-30-32-34-36-38-40-48(52)57-45(43-55-42-41-46(49(53)54)50(3,4)5)44-56-47(51)39-37-35-33-31-29-19-17-15-13-11-9-7-2/h9,11,15,17,24-25,45-46H,6-8,10,12-14,16,18-23,26-44H2,1-5H3/p+1/b11-9+,17-15+,25-24+. The van der Waals surface area contributed by atoms with E-state index >= 15 is 0 Å². The van der Waals surface area contributed by atoms with Crippen LogP contribution in [0.3, 0.4) is 0 Å². The molecule has 0 aromatic heterocycles. The number of hydrogen-bond acceptors (Lipinski definition) is 6. The van der Waals surface area contributed by atoms with E-state index in [0.29, 0.717) is 19.3 Å². The number of ether oxygens (including phenoxy) is 3. The zero-order chi connectivity index (χ0) is 42.1. The first-order valence-corrected chi connectivity index (χ1v) is 23.5. The lowest BCUT2D eigenvalue weighted by Crippen LogP contribution is -2.50. The van der Waals surface area contributed by atoms with Gasteiger partial charge in [0.2, 0.25) is 0 Å². The number of carboxylic acids is 1. The van der Waals surface area contributed by atoms with Crippen LogP contribution in [0.25, 0.3) is 0 Å². The number of aliphatic carboxylic acids is 1. The van der Waals surface area contributed by atoms with Crippen molar-refractivity contribution in [2.24, 2.45) is 0 Å². The lowest BCUT2D eigenvalue weighted by atomic mass is 10.1. The van der Waals surface area contributed by atoms with Crippen LogP contribution in [0.4, 0.5) is 0 Å². The Morgan fingerprint density at radius 1 is 0.544 bits per heavy atom. The van der Waals surface area contributed by atoms with Crippen LogP contribution in [0.15, 0.2) is 36.5 Å². The summed E-state index contributed by atoms with van der Waals surface area (Å²) in [5.74, 6) is -1.49. The molecule has 0 aliphatic rings. The lowest BCUT2D eigenvalue weighted by molar-refractivity contribution is -0.887. The number of hydrogen-bond donors (Lipinski definition) is 1. The van der Waals surface area contributed by atoms with Crippen LogP contribution >= 0.6 is 0 Å². The molecule has 0 amide bonds. The van der Waals surface area contributed by atoms with E-state index in [1.165, 1.54) is 103 Å². The number of carbonyl (C=O) groups is 3. The summed E-state index contributed by atoms with van der Waals surface area (Å²) in [7, 11) is 5.52. The van der Waals surface area contributed by atoms with Gasteiger partial charge in [-0.3, -0.25) is 9.59 Å². The maximum absolute atomic E-state index is 12.7. The Labute approximate surface area is 351 Å². The Kier molecular flexibility index (Phi) is 38.6. The summed E-state index contributed by atoms with van der Waals surface area (Å²) >= 11 is 0. The Morgan fingerprint density at radius 3 is 1.46 bits per heavy atom. The summed E-state index contributed by atoms with van der Waals surface area (Å²) < 4.78 is 17.3. The molecule has 0 saturated carbocycles. The van der Waals surface area contributed by atoms with Crippen LogP contribution in [0.2, 0.25) is 0 Å². The van der Waals surface area contributed by atoms with Gasteiger partial charge < -0.3 is 23.8 Å². The van der Waals surface area contributed by atoms with Gasteiger partial charge in [-0.25, -0.2) is 4.79 Å². The third-order valence-electron chi connectivity index (χ3n) is 10.5. The monoisotopic (exact) mass is 805 g/mol. The molecule has 0 spiro atoms. The van der Waals surface area contributed by atoms with Gasteiger partial charge >= 0.3 is 17.9 Å². The number of nitrogens with zero attached hydrogens (tertiary/aromatic N) is 1. The maximum atomic E-state index is 12.7. The first-order valence-electron chi connectivity index (χ1n) is 23.5. The molecule has 0 aromatic rings. The van der Waals surface area contributed by atoms with E-state index in [0.717, 1.165) is 70.6 Å². The van der Waals surface area contributed by atoms with E-state index in [-0.39, 0.29) is 36.2 Å². The van der Waals surface area contributed by atoms with Gasteiger partial charge in [-0.1, -0.05) is 159 Å². The molecular formula is C49H90NO7+. The van der Waals surface area contributed by atoms with Gasteiger partial charge in [-0.05, 0) is 64.2 Å². The van der Waals surface area contributed by atoms with Gasteiger partial charge in [0.05, 0.1) is 34.4 Å². The summed E-state index contributed by atoms with van der Waals surface area (Å²) in [6.07, 6.45) is 46.2. The zero-order valence-corrected chi connectivity index (χ0v) is 37.8. The number of likely N-dealkylation sites (N-methyl/N-ethyl adjacent to an activating group) is 1. The van der Waals surface area contributed by atoms with Crippen molar-refractivity contribution in [3.63, 3.8) is 0 Å². The topological polar surface area (TPSA) is 99.1 Å². The summed E-state index contributed by atoms with van der Waals surface area (Å²) in [6.45, 7) is 4.62. The molecule has 0 fully saturated rings. The van der Waals surface area contributed by atoms with Crippen molar-refractivity contribution in [1.82, 2.24) is 0 Å². The molecule has 0 aliphatic carbocycles. The first-order chi connectivity index (χ1) is 27.6. The van der Waals surface area contributed by atoms with Crippen molar-refractivity contribution in [2.45, 2.75) is 219 Å². The SMILES string of the molecule is CC/C=C/C/C=C/CCCCCCCC(=O)OCC(COCCC(C(=O)O)[N+](C)(C)C)OC(=O)CCCCCCCCC/C=C/CCCCCCCCCCCC. The van der Waals surface area contributed by atoms with Crippen molar-refractivity contribution < 1.29 is 38.2 Å². The maximum Gasteiger partial charge on any atom is 0.362 e. The van der Waals surface area contributed by atoms with Crippen LogP contribution in [0.1, 0.15) is 206 Å². The van der Waals surface area contributed by atoms with Crippen molar-refractivity contribution in [3.05, 3.63) is 36.5 Å². The van der Waals surface area contributed by atoms with E-state index in [2.05, 4.69) is 50.3 Å². The van der Waals surface area contributed by atoms with E-state index < -0.39 is 18.1 Å². The third kappa shape index (κ3) is 38.8. The smallest absolute Gasteiger partial charge is 0.362 e. The molecule has 2 unspecified atom stereocenters. The van der Waals surface area contributed by atoms with Gasteiger partial charge in [0.15, 0.2) is 12.1 Å². The summed E-state index contributed by atoms with van der Waals surface area (Å²) in [6, 6.07) is -0.617. The molecule has 0 rings (SSSR count). The highest BCUT2D eigenvalue weighted by molar-refractivity contribution is 5.72. The van der Waals surface area contributed by atoms with Crippen LogP contribution in [0, 0.1) is 0 Å². The normalized spacial score (nSPS) is 13.2. The van der Waals surface area contributed by atoms with Gasteiger partial charge in [0.25, 0.3) is 0 Å². The lowest BCUT2D eigenvalue weighted by Gasteiger charge is -2.31. The fourth-order valence-corrected chi connectivity index (χ4v) is 6.89. The minimum atomic E-state index is -0.877. The van der Waals surface area contributed by atoms with Gasteiger partial charge in [0, 0.05) is 19.3 Å². The van der Waals surface area contributed by atoms with Crippen molar-refractivity contribution in [3.8, 4) is 0 Å². The number of unbranched alkanes of at least 4 members (excludes halogenated alkanes) is 22. The second-order valence-corrected chi connectivity index (χ2v) is 17.0. The highest BCUT2D eigenvalue weighted by Crippen LogP contribution is 2.15. The second-order valence-electron chi connectivity index (χ2n) is 17.0. The van der Waals surface area contributed by atoms with E-state index in [4.69, 9.17) is 14.2 Å². The van der Waals surface area contributed by atoms with E-state index in [1.807, 2.05) is 21.1 Å². The molecule has 57 heavy (non-hydrogen) atoms. The van der Waals surface area contributed by atoms with Crippen molar-refractivity contribution >= 4 is 17.9 Å². The largest absolute Gasteiger partial charge is 0.477 e. The molecule has 332 valence electrons. The van der Waals surface area contributed by atoms with E-state index in [9.17, 15) is 19.5 Å². The highest BCUT2D eigenvalue weighted by atomic mass is 16.6. The third-order valence-corrected chi connectivity index (χ3v) is 10.5. The predicted octanol–water partition coefficient (Wildman–Crippen LogP) is 13.0. The summed E-state index contributed by atoms with van der Waals surface area (Å²) in [4.78, 5) is 37.0. The van der Waals surface area contributed by atoms with Crippen LogP contribution in [-0.2, 0) is 28.6 Å². The van der Waals surface area contributed by atoms with Crippen LogP contribution < -0.4 is 0 Å². The number of allylic oxidation sites excluding steroid dienone is 6. The molecule has 8 heteroatoms.